The quantitative estimate of drug-likeness (QED) is 0.680. The van der Waals surface area contributed by atoms with Gasteiger partial charge in [0.15, 0.2) is 18.1 Å². The van der Waals surface area contributed by atoms with Gasteiger partial charge in [-0.1, -0.05) is 19.1 Å². The summed E-state index contributed by atoms with van der Waals surface area (Å²) < 4.78 is 41.1. The fraction of sp³-hybridized carbons (Fsp3) is 0.316. The van der Waals surface area contributed by atoms with Crippen molar-refractivity contribution in [1.82, 2.24) is 10.3 Å². The summed E-state index contributed by atoms with van der Waals surface area (Å²) in [4.78, 5) is 13.9. The Bertz CT molecular complexity index is 928. The zero-order chi connectivity index (χ0) is 20.0. The van der Waals surface area contributed by atoms with Crippen LogP contribution in [0.25, 0.3) is 0 Å². The summed E-state index contributed by atoms with van der Waals surface area (Å²) in [5.74, 6) is 0.740. The van der Waals surface area contributed by atoms with E-state index in [2.05, 4.69) is 5.43 Å². The minimum atomic E-state index is -3.97. The summed E-state index contributed by atoms with van der Waals surface area (Å²) in [6, 6.07) is 11.6. The Morgan fingerprint density at radius 1 is 1.07 bits per heavy atom. The maximum Gasteiger partial charge on any atom is 0.272 e. The fourth-order valence-corrected chi connectivity index (χ4v) is 3.38. The molecule has 0 radical (unpaired) electrons. The average Bonchev–Trinajstić information content (AvgIpc) is 2.96. The number of aryl methyl sites for hydroxylation is 1. The number of fused-ring (bicyclic) bond motifs is 1. The maximum absolute atomic E-state index is 12.4. The first kappa shape index (κ1) is 20.0. The number of carbonyl (C=O) groups excluding carboxylic acids is 1. The average molecular weight is 406 g/mol. The number of benzene rings is 2. The number of hydrogen-bond donors (Lipinski definition) is 2. The van der Waals surface area contributed by atoms with Crippen LogP contribution in [-0.4, -0.2) is 34.1 Å². The molecule has 3 rings (SSSR count). The fourth-order valence-electron chi connectivity index (χ4n) is 2.50. The Balaban J connectivity index is 1.55. The third kappa shape index (κ3) is 5.14. The molecule has 0 spiro atoms. The van der Waals surface area contributed by atoms with Crippen LogP contribution in [0, 0.1) is 0 Å². The van der Waals surface area contributed by atoms with Crippen molar-refractivity contribution in [3.8, 4) is 17.2 Å². The summed E-state index contributed by atoms with van der Waals surface area (Å²) in [5.41, 5.74) is 3.29. The highest BCUT2D eigenvalue weighted by Gasteiger charge is 2.19. The van der Waals surface area contributed by atoms with E-state index in [4.69, 9.17) is 14.2 Å². The minimum Gasteiger partial charge on any atom is -0.490 e. The zero-order valence-electron chi connectivity index (χ0n) is 15.4. The second-order valence-electron chi connectivity index (χ2n) is 6.10. The van der Waals surface area contributed by atoms with Gasteiger partial charge in [-0.25, -0.2) is 8.42 Å². The first-order valence-corrected chi connectivity index (χ1v) is 10.4. The molecule has 0 bridgehead atoms. The second-order valence-corrected chi connectivity index (χ2v) is 7.78. The topological polar surface area (TPSA) is 103 Å². The zero-order valence-corrected chi connectivity index (χ0v) is 16.3. The lowest BCUT2D eigenvalue weighted by Crippen LogP contribution is -2.43. The molecule has 0 aliphatic carbocycles. The molecule has 1 aliphatic heterocycles. The monoisotopic (exact) mass is 406 g/mol. The second kappa shape index (κ2) is 8.94. The molecule has 2 aromatic rings. The molecule has 0 unspecified atom stereocenters. The predicted octanol–water partition coefficient (Wildman–Crippen LogP) is 1.80. The molecule has 28 heavy (non-hydrogen) atoms. The van der Waals surface area contributed by atoms with E-state index in [1.807, 2.05) is 23.9 Å². The van der Waals surface area contributed by atoms with Gasteiger partial charge in [-0.15, -0.1) is 4.83 Å². The Morgan fingerprint density at radius 3 is 2.50 bits per heavy atom. The molecule has 1 aliphatic rings. The summed E-state index contributed by atoms with van der Waals surface area (Å²) in [6.45, 7) is 2.67. The molecule has 0 aromatic heterocycles. The van der Waals surface area contributed by atoms with Gasteiger partial charge in [0, 0.05) is 12.5 Å². The Labute approximate surface area is 163 Å². The first-order chi connectivity index (χ1) is 13.5. The Morgan fingerprint density at radius 2 is 1.79 bits per heavy atom. The van der Waals surface area contributed by atoms with Crippen molar-refractivity contribution in [3.63, 3.8) is 0 Å². The van der Waals surface area contributed by atoms with Gasteiger partial charge in [0.2, 0.25) is 0 Å². The van der Waals surface area contributed by atoms with Gasteiger partial charge in [0.1, 0.15) is 5.75 Å². The van der Waals surface area contributed by atoms with Gasteiger partial charge in [0.25, 0.3) is 15.9 Å². The molecular formula is C19H22N2O6S. The highest BCUT2D eigenvalue weighted by Crippen LogP contribution is 2.31. The lowest BCUT2D eigenvalue weighted by atomic mass is 10.2. The minimum absolute atomic E-state index is 0.0480. The molecule has 9 heteroatoms. The predicted molar refractivity (Wildman–Crippen MR) is 102 cm³/mol. The molecular weight excluding hydrogens is 384 g/mol. The van der Waals surface area contributed by atoms with E-state index in [1.165, 1.54) is 18.2 Å². The Kier molecular flexibility index (Phi) is 6.37. The number of rotatable bonds is 7. The van der Waals surface area contributed by atoms with E-state index in [0.717, 1.165) is 12.0 Å². The number of sulfonamides is 1. The molecule has 0 saturated heterocycles. The first-order valence-electron chi connectivity index (χ1n) is 8.90. The van der Waals surface area contributed by atoms with Crippen LogP contribution in [0.1, 0.15) is 18.9 Å². The maximum atomic E-state index is 12.4. The van der Waals surface area contributed by atoms with E-state index in [1.54, 1.807) is 12.1 Å². The van der Waals surface area contributed by atoms with Crippen LogP contribution in [-0.2, 0) is 21.2 Å². The molecule has 8 nitrogen and oxygen atoms in total. The highest BCUT2D eigenvalue weighted by molar-refractivity contribution is 7.89. The van der Waals surface area contributed by atoms with Crippen molar-refractivity contribution in [2.24, 2.45) is 0 Å². The molecule has 2 aromatic carbocycles. The van der Waals surface area contributed by atoms with E-state index in [0.29, 0.717) is 36.9 Å². The SMILES string of the molecule is CCc1ccc(OCC(=O)NNS(=O)(=O)c2ccc3c(c2)OCCCO3)cc1. The number of amides is 1. The molecule has 1 amide bonds. The van der Waals surface area contributed by atoms with Crippen molar-refractivity contribution in [2.45, 2.75) is 24.7 Å². The molecule has 150 valence electrons. The molecule has 0 saturated carbocycles. The van der Waals surface area contributed by atoms with Crippen LogP contribution in [0.5, 0.6) is 17.2 Å². The molecule has 0 fully saturated rings. The van der Waals surface area contributed by atoms with E-state index >= 15 is 0 Å². The van der Waals surface area contributed by atoms with Gasteiger partial charge in [-0.05, 0) is 36.2 Å². The summed E-state index contributed by atoms with van der Waals surface area (Å²) >= 11 is 0. The number of hydrogen-bond acceptors (Lipinski definition) is 6. The van der Waals surface area contributed by atoms with E-state index in [-0.39, 0.29) is 11.5 Å². The molecule has 1 heterocycles. The van der Waals surface area contributed by atoms with Crippen LogP contribution in [0.15, 0.2) is 47.4 Å². The normalized spacial score (nSPS) is 13.5. The van der Waals surface area contributed by atoms with Crippen LogP contribution in [0.3, 0.4) is 0 Å². The number of hydrazine groups is 1. The molecule has 2 N–H and O–H groups in total. The third-order valence-electron chi connectivity index (χ3n) is 4.06. The lowest BCUT2D eigenvalue weighted by molar-refractivity contribution is -0.123. The van der Waals surface area contributed by atoms with Crippen molar-refractivity contribution in [3.05, 3.63) is 48.0 Å². The van der Waals surface area contributed by atoms with Gasteiger partial charge in [0.05, 0.1) is 18.1 Å². The van der Waals surface area contributed by atoms with Crippen LogP contribution >= 0.6 is 0 Å². The smallest absolute Gasteiger partial charge is 0.272 e. The molecule has 0 atom stereocenters. The van der Waals surface area contributed by atoms with Gasteiger partial charge in [-0.3, -0.25) is 10.2 Å². The van der Waals surface area contributed by atoms with E-state index in [9.17, 15) is 13.2 Å². The summed E-state index contributed by atoms with van der Waals surface area (Å²) in [7, 11) is -3.97. The summed E-state index contributed by atoms with van der Waals surface area (Å²) in [5, 5.41) is 0. The number of ether oxygens (including phenoxy) is 3. The van der Waals surface area contributed by atoms with Crippen molar-refractivity contribution < 1.29 is 27.4 Å². The largest absolute Gasteiger partial charge is 0.490 e. The summed E-state index contributed by atoms with van der Waals surface area (Å²) in [6.07, 6.45) is 1.62. The van der Waals surface area contributed by atoms with Crippen LogP contribution < -0.4 is 24.5 Å². The third-order valence-corrected chi connectivity index (χ3v) is 5.30. The van der Waals surface area contributed by atoms with Crippen molar-refractivity contribution in [2.75, 3.05) is 19.8 Å². The number of carbonyl (C=O) groups is 1. The van der Waals surface area contributed by atoms with E-state index < -0.39 is 15.9 Å². The van der Waals surface area contributed by atoms with Crippen molar-refractivity contribution >= 4 is 15.9 Å². The van der Waals surface area contributed by atoms with Gasteiger partial charge in [-0.2, -0.15) is 0 Å². The number of nitrogens with one attached hydrogen (secondary N) is 2. The Hall–Kier alpha value is -2.78. The lowest BCUT2D eigenvalue weighted by Gasteiger charge is -2.12. The van der Waals surface area contributed by atoms with Gasteiger partial charge >= 0.3 is 0 Å². The van der Waals surface area contributed by atoms with Gasteiger partial charge < -0.3 is 14.2 Å². The highest BCUT2D eigenvalue weighted by atomic mass is 32.2. The standard InChI is InChI=1S/C19H22N2O6S/c1-2-14-4-6-15(7-5-14)27-13-19(22)20-21-28(23,24)16-8-9-17-18(12-16)26-11-3-10-25-17/h4-9,12,21H,2-3,10-11,13H2,1H3,(H,20,22). The van der Waals surface area contributed by atoms with Crippen LogP contribution in [0.2, 0.25) is 0 Å². The van der Waals surface area contributed by atoms with Crippen molar-refractivity contribution in [1.29, 1.82) is 0 Å². The van der Waals surface area contributed by atoms with Crippen LogP contribution in [0.4, 0.5) is 0 Å².